The molecular formula is C17H29N3. The molecule has 20 heavy (non-hydrogen) atoms. The number of nitrogens with zero attached hydrogens (tertiary/aromatic N) is 2. The molecule has 0 bridgehead atoms. The van der Waals surface area contributed by atoms with Crippen molar-refractivity contribution in [2.45, 2.75) is 51.0 Å². The molecule has 1 aliphatic rings. The zero-order valence-corrected chi connectivity index (χ0v) is 12.9. The smallest absolute Gasteiger partial charge is 0.0416 e. The van der Waals surface area contributed by atoms with Crippen molar-refractivity contribution in [3.05, 3.63) is 30.1 Å². The second-order valence-electron chi connectivity index (χ2n) is 6.02. The van der Waals surface area contributed by atoms with Crippen LogP contribution < -0.4 is 5.32 Å². The lowest BCUT2D eigenvalue weighted by Crippen LogP contribution is -2.33. The van der Waals surface area contributed by atoms with Crippen molar-refractivity contribution < 1.29 is 0 Å². The maximum atomic E-state index is 4.37. The Balaban J connectivity index is 1.50. The van der Waals surface area contributed by atoms with E-state index in [1.54, 1.807) is 0 Å². The molecule has 2 rings (SSSR count). The van der Waals surface area contributed by atoms with Crippen molar-refractivity contribution in [2.24, 2.45) is 0 Å². The van der Waals surface area contributed by atoms with E-state index in [0.29, 0.717) is 0 Å². The summed E-state index contributed by atoms with van der Waals surface area (Å²) >= 11 is 0. The first-order valence-corrected chi connectivity index (χ1v) is 8.16. The minimum atomic E-state index is 0.794. The van der Waals surface area contributed by atoms with E-state index in [-0.39, 0.29) is 0 Å². The summed E-state index contributed by atoms with van der Waals surface area (Å²) in [5.74, 6) is 0. The maximum Gasteiger partial charge on any atom is 0.0416 e. The summed E-state index contributed by atoms with van der Waals surface area (Å²) in [5.41, 5.74) is 1.19. The minimum absolute atomic E-state index is 0.794. The zero-order chi connectivity index (χ0) is 14.0. The molecule has 0 saturated heterocycles. The van der Waals surface area contributed by atoms with Crippen molar-refractivity contribution in [2.75, 3.05) is 26.7 Å². The number of likely N-dealkylation sites (N-methyl/N-ethyl adjacent to an activating group) is 1. The third kappa shape index (κ3) is 6.02. The predicted octanol–water partition coefficient (Wildman–Crippen LogP) is 2.87. The summed E-state index contributed by atoms with van der Waals surface area (Å²) in [4.78, 5) is 6.78. The number of hydrogen-bond acceptors (Lipinski definition) is 3. The van der Waals surface area contributed by atoms with Gasteiger partial charge in [0.1, 0.15) is 0 Å². The summed E-state index contributed by atoms with van der Waals surface area (Å²) in [6.07, 6.45) is 11.2. The molecule has 112 valence electrons. The highest BCUT2D eigenvalue weighted by atomic mass is 15.1. The van der Waals surface area contributed by atoms with Crippen molar-refractivity contribution in [1.29, 1.82) is 0 Å². The molecule has 1 saturated carbocycles. The molecule has 1 aliphatic carbocycles. The number of nitrogens with one attached hydrogen (secondary N) is 1. The van der Waals surface area contributed by atoms with Gasteiger partial charge in [-0.2, -0.15) is 0 Å². The van der Waals surface area contributed by atoms with Crippen LogP contribution in [0.4, 0.5) is 0 Å². The van der Waals surface area contributed by atoms with Crippen LogP contribution in [0.1, 0.15) is 44.2 Å². The maximum absolute atomic E-state index is 4.37. The van der Waals surface area contributed by atoms with Crippen LogP contribution in [0.3, 0.4) is 0 Å². The fourth-order valence-corrected chi connectivity index (χ4v) is 2.93. The van der Waals surface area contributed by atoms with Gasteiger partial charge in [0.25, 0.3) is 0 Å². The lowest BCUT2D eigenvalue weighted by Gasteiger charge is -2.23. The van der Waals surface area contributed by atoms with Crippen LogP contribution in [-0.2, 0) is 6.42 Å². The van der Waals surface area contributed by atoms with E-state index in [9.17, 15) is 0 Å². The molecule has 0 amide bonds. The Hall–Kier alpha value is -0.930. The van der Waals surface area contributed by atoms with Crippen LogP contribution in [-0.4, -0.2) is 42.6 Å². The number of rotatable bonds is 8. The first kappa shape index (κ1) is 15.5. The topological polar surface area (TPSA) is 28.2 Å². The van der Waals surface area contributed by atoms with E-state index in [4.69, 9.17) is 0 Å². The third-order valence-corrected chi connectivity index (χ3v) is 4.23. The summed E-state index contributed by atoms with van der Waals surface area (Å²) < 4.78 is 0. The Labute approximate surface area is 123 Å². The minimum Gasteiger partial charge on any atom is -0.314 e. The van der Waals surface area contributed by atoms with Gasteiger partial charge in [-0.15, -0.1) is 0 Å². The molecule has 0 aromatic carbocycles. The van der Waals surface area contributed by atoms with Crippen molar-refractivity contribution in [3.63, 3.8) is 0 Å². The Kier molecular flexibility index (Phi) is 7.02. The van der Waals surface area contributed by atoms with Gasteiger partial charge in [0.15, 0.2) is 0 Å². The Bertz CT molecular complexity index is 347. The second-order valence-corrected chi connectivity index (χ2v) is 6.02. The van der Waals surface area contributed by atoms with Gasteiger partial charge in [0.2, 0.25) is 0 Å². The monoisotopic (exact) mass is 275 g/mol. The summed E-state index contributed by atoms with van der Waals surface area (Å²) in [7, 11) is 2.21. The van der Waals surface area contributed by atoms with Gasteiger partial charge >= 0.3 is 0 Å². The van der Waals surface area contributed by atoms with E-state index in [1.807, 2.05) is 12.3 Å². The van der Waals surface area contributed by atoms with E-state index in [2.05, 4.69) is 34.4 Å². The average molecular weight is 275 g/mol. The largest absolute Gasteiger partial charge is 0.314 e. The molecule has 1 aromatic rings. The highest BCUT2D eigenvalue weighted by molar-refractivity contribution is 5.03. The van der Waals surface area contributed by atoms with Gasteiger partial charge < -0.3 is 10.2 Å². The first-order chi connectivity index (χ1) is 9.84. The molecule has 0 aliphatic heterocycles. The van der Waals surface area contributed by atoms with Crippen LogP contribution in [0.5, 0.6) is 0 Å². The van der Waals surface area contributed by atoms with Gasteiger partial charge in [0, 0.05) is 30.9 Å². The van der Waals surface area contributed by atoms with Crippen LogP contribution in [0.15, 0.2) is 24.4 Å². The molecule has 3 nitrogen and oxygen atoms in total. The Morgan fingerprint density at radius 3 is 2.80 bits per heavy atom. The molecule has 0 spiro atoms. The van der Waals surface area contributed by atoms with Crippen LogP contribution in [0, 0.1) is 0 Å². The van der Waals surface area contributed by atoms with Gasteiger partial charge in [-0.1, -0.05) is 25.3 Å². The van der Waals surface area contributed by atoms with Crippen LogP contribution in [0.2, 0.25) is 0 Å². The molecule has 0 unspecified atom stereocenters. The summed E-state index contributed by atoms with van der Waals surface area (Å²) in [5, 5.41) is 3.71. The fourth-order valence-electron chi connectivity index (χ4n) is 2.93. The van der Waals surface area contributed by atoms with Gasteiger partial charge in [-0.05, 0) is 51.5 Å². The standard InChI is InChI=1S/C17H29N3/c1-20(15-11-17-10-5-6-12-18-17)14-7-13-19-16-8-3-2-4-9-16/h5-6,10,12,16,19H,2-4,7-9,11,13-15H2,1H3. The highest BCUT2D eigenvalue weighted by Crippen LogP contribution is 2.17. The van der Waals surface area contributed by atoms with E-state index < -0.39 is 0 Å². The molecule has 1 heterocycles. The Morgan fingerprint density at radius 2 is 2.05 bits per heavy atom. The fraction of sp³-hybridized carbons (Fsp3) is 0.706. The predicted molar refractivity (Wildman–Crippen MR) is 84.9 cm³/mol. The summed E-state index contributed by atoms with van der Waals surface area (Å²) in [6, 6.07) is 6.95. The SMILES string of the molecule is CN(CCCNC1CCCCC1)CCc1ccccn1. The number of aromatic nitrogens is 1. The first-order valence-electron chi connectivity index (χ1n) is 8.16. The second kappa shape index (κ2) is 9.09. The molecule has 1 aromatic heterocycles. The van der Waals surface area contributed by atoms with E-state index in [0.717, 1.165) is 19.0 Å². The van der Waals surface area contributed by atoms with Crippen LogP contribution >= 0.6 is 0 Å². The quantitative estimate of drug-likeness (QED) is 0.739. The highest BCUT2D eigenvalue weighted by Gasteiger charge is 2.11. The third-order valence-electron chi connectivity index (χ3n) is 4.23. The lowest BCUT2D eigenvalue weighted by molar-refractivity contribution is 0.316. The van der Waals surface area contributed by atoms with Gasteiger partial charge in [-0.25, -0.2) is 0 Å². The van der Waals surface area contributed by atoms with Gasteiger partial charge in [0.05, 0.1) is 0 Å². The average Bonchev–Trinajstić information content (AvgIpc) is 2.52. The molecule has 1 N–H and O–H groups in total. The lowest BCUT2D eigenvalue weighted by atomic mass is 9.95. The van der Waals surface area contributed by atoms with Crippen molar-refractivity contribution >= 4 is 0 Å². The van der Waals surface area contributed by atoms with Gasteiger partial charge in [-0.3, -0.25) is 4.98 Å². The van der Waals surface area contributed by atoms with E-state index in [1.165, 1.54) is 57.3 Å². The summed E-state index contributed by atoms with van der Waals surface area (Å²) in [6.45, 7) is 3.44. The molecule has 3 heteroatoms. The number of pyridine rings is 1. The molecular weight excluding hydrogens is 246 g/mol. The van der Waals surface area contributed by atoms with Crippen LogP contribution in [0.25, 0.3) is 0 Å². The molecule has 0 atom stereocenters. The van der Waals surface area contributed by atoms with E-state index >= 15 is 0 Å². The van der Waals surface area contributed by atoms with Crippen molar-refractivity contribution in [1.82, 2.24) is 15.2 Å². The molecule has 0 radical (unpaired) electrons. The number of hydrogen-bond donors (Lipinski definition) is 1. The normalized spacial score (nSPS) is 16.7. The Morgan fingerprint density at radius 1 is 1.20 bits per heavy atom. The molecule has 1 fully saturated rings. The van der Waals surface area contributed by atoms with Crippen molar-refractivity contribution in [3.8, 4) is 0 Å². The zero-order valence-electron chi connectivity index (χ0n) is 12.9.